The highest BCUT2D eigenvalue weighted by Gasteiger charge is 2.27. The number of nitro groups is 1. The molecule has 0 fully saturated rings. The highest BCUT2D eigenvalue weighted by molar-refractivity contribution is 6.15. The Balaban J connectivity index is 1.53. The Morgan fingerprint density at radius 3 is 2.45 bits per heavy atom. The van der Waals surface area contributed by atoms with Crippen molar-refractivity contribution in [3.05, 3.63) is 98.9 Å². The Kier molecular flexibility index (Phi) is 5.49. The lowest BCUT2D eigenvalue weighted by atomic mass is 10.1. The van der Waals surface area contributed by atoms with E-state index in [2.05, 4.69) is 0 Å². The number of fused-ring (bicyclic) bond motifs is 1. The summed E-state index contributed by atoms with van der Waals surface area (Å²) in [6.07, 6.45) is 6.21. The van der Waals surface area contributed by atoms with Crippen LogP contribution in [-0.4, -0.2) is 24.9 Å². The minimum absolute atomic E-state index is 0.00993. The zero-order valence-corrected chi connectivity index (χ0v) is 17.2. The van der Waals surface area contributed by atoms with Gasteiger partial charge >= 0.3 is 0 Å². The van der Waals surface area contributed by atoms with Crippen LogP contribution in [0.4, 0.5) is 5.69 Å². The number of hydrogen-bond donors (Lipinski definition) is 0. The molecule has 1 heterocycles. The molecule has 0 N–H and O–H groups in total. The second-order valence-corrected chi connectivity index (χ2v) is 7.27. The predicted octanol–water partition coefficient (Wildman–Crippen LogP) is 3.77. The normalized spacial score (nSPS) is 13.9. The maximum atomic E-state index is 12.8. The third kappa shape index (κ3) is 4.16. The molecule has 2 aromatic carbocycles. The van der Waals surface area contributed by atoms with Gasteiger partial charge in [0, 0.05) is 47.4 Å². The summed E-state index contributed by atoms with van der Waals surface area (Å²) in [5.41, 5.74) is 4.10. The van der Waals surface area contributed by atoms with Crippen molar-refractivity contribution in [3.8, 4) is 11.5 Å². The summed E-state index contributed by atoms with van der Waals surface area (Å²) in [4.78, 5) is 23.4. The third-order valence-electron chi connectivity index (χ3n) is 5.27. The minimum atomic E-state index is -0.398. The number of nitrogens with zero attached hydrogens (tertiary/aromatic N) is 2. The zero-order chi connectivity index (χ0) is 22.0. The monoisotopic (exact) mass is 417 g/mol. The largest absolute Gasteiger partial charge is 0.493 e. The molecule has 7 nitrogen and oxygen atoms in total. The standard InChI is InChI=1S/C24H21N2O5/c1-30-22-13-18-12-19(24(27)21(18)14-23(22)31-2)10-16-6-8-25(9-7-16)15-17-4-3-5-20(11-17)26(28)29/h3-11,13-14H,12,15H2,1-2H3/q+1/b19-10+. The zero-order valence-electron chi connectivity index (χ0n) is 17.2. The number of Topliss-reactive ketones (excluding diaryl/α,β-unsaturated/α-hetero) is 1. The van der Waals surface area contributed by atoms with Crippen molar-refractivity contribution in [1.82, 2.24) is 0 Å². The predicted molar refractivity (Wildman–Crippen MR) is 114 cm³/mol. The van der Waals surface area contributed by atoms with Gasteiger partial charge in [0.05, 0.1) is 19.1 Å². The molecule has 0 radical (unpaired) electrons. The van der Waals surface area contributed by atoms with Crippen LogP contribution in [0.1, 0.15) is 27.0 Å². The van der Waals surface area contributed by atoms with E-state index in [1.165, 1.54) is 6.07 Å². The summed E-state index contributed by atoms with van der Waals surface area (Å²) in [5.74, 6) is 1.14. The van der Waals surface area contributed by atoms with E-state index in [9.17, 15) is 14.9 Å². The van der Waals surface area contributed by atoms with E-state index in [4.69, 9.17) is 9.47 Å². The molecule has 3 aromatic rings. The molecule has 0 saturated heterocycles. The third-order valence-corrected chi connectivity index (χ3v) is 5.27. The van der Waals surface area contributed by atoms with Crippen LogP contribution in [-0.2, 0) is 13.0 Å². The number of nitro benzene ring substituents is 1. The van der Waals surface area contributed by atoms with E-state index >= 15 is 0 Å². The molecule has 0 aliphatic heterocycles. The number of allylic oxidation sites excluding steroid dienone is 1. The van der Waals surface area contributed by atoms with Gasteiger partial charge in [0.25, 0.3) is 5.69 Å². The molecule has 4 rings (SSSR count). The molecule has 0 unspecified atom stereocenters. The van der Waals surface area contributed by atoms with Crippen molar-refractivity contribution >= 4 is 17.5 Å². The van der Waals surface area contributed by atoms with Gasteiger partial charge < -0.3 is 9.47 Å². The first kappa shape index (κ1) is 20.3. The van der Waals surface area contributed by atoms with E-state index < -0.39 is 4.92 Å². The highest BCUT2D eigenvalue weighted by atomic mass is 16.6. The van der Waals surface area contributed by atoms with Gasteiger partial charge in [0.15, 0.2) is 36.2 Å². The highest BCUT2D eigenvalue weighted by Crippen LogP contribution is 2.36. The van der Waals surface area contributed by atoms with Crippen LogP contribution < -0.4 is 14.0 Å². The van der Waals surface area contributed by atoms with Gasteiger partial charge in [0.2, 0.25) is 0 Å². The van der Waals surface area contributed by atoms with Crippen molar-refractivity contribution in [2.24, 2.45) is 0 Å². The fourth-order valence-corrected chi connectivity index (χ4v) is 3.70. The lowest BCUT2D eigenvalue weighted by Gasteiger charge is -2.08. The Labute approximate surface area is 179 Å². The van der Waals surface area contributed by atoms with Crippen molar-refractivity contribution in [1.29, 1.82) is 0 Å². The van der Waals surface area contributed by atoms with Crippen molar-refractivity contribution < 1.29 is 23.8 Å². The molecule has 7 heteroatoms. The first-order valence-electron chi connectivity index (χ1n) is 9.71. The summed E-state index contributed by atoms with van der Waals surface area (Å²) in [6.45, 7) is 0.516. The molecule has 0 amide bonds. The second kappa shape index (κ2) is 8.39. The number of carbonyl (C=O) groups is 1. The molecule has 0 bridgehead atoms. The van der Waals surface area contributed by atoms with Crippen LogP contribution in [0.3, 0.4) is 0 Å². The number of hydrogen-bond acceptors (Lipinski definition) is 5. The van der Waals surface area contributed by atoms with Crippen LogP contribution in [0.5, 0.6) is 11.5 Å². The van der Waals surface area contributed by atoms with E-state index in [1.807, 2.05) is 47.3 Å². The van der Waals surface area contributed by atoms with Crippen molar-refractivity contribution in [2.75, 3.05) is 14.2 Å². The summed E-state index contributed by atoms with van der Waals surface area (Å²) in [6, 6.07) is 14.0. The first-order chi connectivity index (χ1) is 15.0. The van der Waals surface area contributed by atoms with Gasteiger partial charge in [0.1, 0.15) is 0 Å². The number of benzene rings is 2. The molecule has 0 spiro atoms. The second-order valence-electron chi connectivity index (χ2n) is 7.27. The van der Waals surface area contributed by atoms with Crippen LogP contribution in [0.2, 0.25) is 0 Å². The molecule has 156 valence electrons. The summed E-state index contributed by atoms with van der Waals surface area (Å²) < 4.78 is 12.6. The van der Waals surface area contributed by atoms with Crippen molar-refractivity contribution in [2.45, 2.75) is 13.0 Å². The molecular formula is C24H21N2O5+. The van der Waals surface area contributed by atoms with Gasteiger partial charge in [-0.15, -0.1) is 0 Å². The SMILES string of the molecule is COc1cc2c(cc1OC)C(=O)/C(=C/c1cc[n+](Cc3cccc([N+](=O)[O-])c3)cc1)C2. The summed E-state index contributed by atoms with van der Waals surface area (Å²) >= 11 is 0. The van der Waals surface area contributed by atoms with E-state index in [0.717, 1.165) is 16.7 Å². The van der Waals surface area contributed by atoms with Gasteiger partial charge in [-0.25, -0.2) is 4.57 Å². The van der Waals surface area contributed by atoms with E-state index in [1.54, 1.807) is 32.4 Å². The Morgan fingerprint density at radius 2 is 1.77 bits per heavy atom. The van der Waals surface area contributed by atoms with Crippen LogP contribution >= 0.6 is 0 Å². The Hall–Kier alpha value is -4.00. The van der Waals surface area contributed by atoms with Gasteiger partial charge in [-0.05, 0) is 29.3 Å². The molecule has 0 atom stereocenters. The fraction of sp³-hybridized carbons (Fsp3) is 0.167. The number of non-ortho nitro benzene ring substituents is 1. The fourth-order valence-electron chi connectivity index (χ4n) is 3.70. The number of methoxy groups -OCH3 is 2. The lowest BCUT2D eigenvalue weighted by molar-refractivity contribution is -0.688. The summed E-state index contributed by atoms with van der Waals surface area (Å²) in [5, 5.41) is 10.9. The Bertz CT molecular complexity index is 1200. The number of pyridine rings is 1. The number of carbonyl (C=O) groups excluding carboxylic acids is 1. The van der Waals surface area contributed by atoms with Gasteiger partial charge in [-0.3, -0.25) is 14.9 Å². The van der Waals surface area contributed by atoms with Gasteiger partial charge in [-0.1, -0.05) is 12.1 Å². The average molecular weight is 417 g/mol. The molecule has 31 heavy (non-hydrogen) atoms. The summed E-state index contributed by atoms with van der Waals surface area (Å²) in [7, 11) is 3.12. The number of rotatable bonds is 6. The molecule has 1 aliphatic carbocycles. The van der Waals surface area contributed by atoms with Crippen LogP contribution in [0.15, 0.2) is 66.5 Å². The molecule has 1 aliphatic rings. The number of ketones is 1. The van der Waals surface area contributed by atoms with Crippen LogP contribution in [0, 0.1) is 10.1 Å². The molecule has 0 saturated carbocycles. The van der Waals surface area contributed by atoms with Crippen LogP contribution in [0.25, 0.3) is 6.08 Å². The Morgan fingerprint density at radius 1 is 1.06 bits per heavy atom. The number of ether oxygens (including phenoxy) is 2. The minimum Gasteiger partial charge on any atom is -0.493 e. The topological polar surface area (TPSA) is 82.5 Å². The van der Waals surface area contributed by atoms with Gasteiger partial charge in [-0.2, -0.15) is 0 Å². The van der Waals surface area contributed by atoms with E-state index in [-0.39, 0.29) is 11.5 Å². The van der Waals surface area contributed by atoms with E-state index in [0.29, 0.717) is 35.6 Å². The lowest BCUT2D eigenvalue weighted by Crippen LogP contribution is -2.33. The number of aromatic nitrogens is 1. The van der Waals surface area contributed by atoms with Crippen molar-refractivity contribution in [3.63, 3.8) is 0 Å². The smallest absolute Gasteiger partial charge is 0.269 e. The maximum absolute atomic E-state index is 12.8. The molecule has 1 aromatic heterocycles. The molecular weight excluding hydrogens is 396 g/mol. The quantitative estimate of drug-likeness (QED) is 0.264. The maximum Gasteiger partial charge on any atom is 0.269 e. The first-order valence-corrected chi connectivity index (χ1v) is 9.71. The average Bonchev–Trinajstić information content (AvgIpc) is 3.08.